The van der Waals surface area contributed by atoms with Gasteiger partial charge < -0.3 is 10.4 Å². The Morgan fingerprint density at radius 2 is 1.89 bits per heavy atom. The summed E-state index contributed by atoms with van der Waals surface area (Å²) >= 11 is 1.44. The zero-order chi connectivity index (χ0) is 14.6. The van der Waals surface area contributed by atoms with Crippen LogP contribution in [-0.4, -0.2) is 23.5 Å². The third kappa shape index (κ3) is 3.35. The summed E-state index contributed by atoms with van der Waals surface area (Å²) < 4.78 is 0. The monoisotopic (exact) mass is 283 g/mol. The first-order valence-corrected chi connectivity index (χ1v) is 7.26. The highest BCUT2D eigenvalue weighted by atomic mass is 32.1. The smallest absolute Gasteiger partial charge is 0.311 e. The Hall–Kier alpha value is -1.36. The van der Waals surface area contributed by atoms with Crippen LogP contribution in [0, 0.1) is 19.3 Å². The standard InChI is InChI=1S/C14H21NO3S/c1-5-14(6-2,13(17)18)8-15-12(16)11-7-9(3)10(4)19-11/h7H,5-6,8H2,1-4H3,(H,15,16)(H,17,18). The number of hydrogen-bond acceptors (Lipinski definition) is 3. The van der Waals surface area contributed by atoms with Gasteiger partial charge in [-0.1, -0.05) is 13.8 Å². The molecule has 0 fully saturated rings. The van der Waals surface area contributed by atoms with Crippen LogP contribution >= 0.6 is 11.3 Å². The average Bonchev–Trinajstić information content (AvgIpc) is 2.71. The van der Waals surface area contributed by atoms with Crippen molar-refractivity contribution in [1.82, 2.24) is 5.32 Å². The number of carbonyl (C=O) groups excluding carboxylic acids is 1. The van der Waals surface area contributed by atoms with E-state index in [1.807, 2.05) is 33.8 Å². The number of aliphatic carboxylic acids is 1. The van der Waals surface area contributed by atoms with Crippen LogP contribution in [0.25, 0.3) is 0 Å². The summed E-state index contributed by atoms with van der Waals surface area (Å²) in [6.45, 7) is 7.77. The predicted molar refractivity (Wildman–Crippen MR) is 76.8 cm³/mol. The molecular weight excluding hydrogens is 262 g/mol. The molecule has 1 heterocycles. The van der Waals surface area contributed by atoms with Gasteiger partial charge in [0.05, 0.1) is 10.3 Å². The normalized spacial score (nSPS) is 11.4. The molecule has 1 aromatic rings. The highest BCUT2D eigenvalue weighted by Gasteiger charge is 2.35. The minimum Gasteiger partial charge on any atom is -0.481 e. The van der Waals surface area contributed by atoms with E-state index in [2.05, 4.69) is 5.32 Å². The molecule has 0 saturated heterocycles. The summed E-state index contributed by atoms with van der Waals surface area (Å²) in [5, 5.41) is 12.1. The molecule has 0 aliphatic rings. The Kier molecular flexibility index (Phi) is 5.11. The van der Waals surface area contributed by atoms with Gasteiger partial charge in [-0.3, -0.25) is 9.59 Å². The second kappa shape index (κ2) is 6.19. The van der Waals surface area contributed by atoms with Gasteiger partial charge in [-0.15, -0.1) is 11.3 Å². The van der Waals surface area contributed by atoms with Crippen molar-refractivity contribution in [2.45, 2.75) is 40.5 Å². The second-order valence-electron chi connectivity index (χ2n) is 4.83. The number of carbonyl (C=O) groups is 2. The van der Waals surface area contributed by atoms with Crippen molar-refractivity contribution in [3.8, 4) is 0 Å². The Morgan fingerprint density at radius 1 is 1.32 bits per heavy atom. The van der Waals surface area contributed by atoms with Gasteiger partial charge in [0, 0.05) is 11.4 Å². The van der Waals surface area contributed by atoms with Gasteiger partial charge in [-0.25, -0.2) is 0 Å². The van der Waals surface area contributed by atoms with E-state index in [4.69, 9.17) is 0 Å². The van der Waals surface area contributed by atoms with Crippen molar-refractivity contribution < 1.29 is 14.7 Å². The van der Waals surface area contributed by atoms with Gasteiger partial charge in [0.25, 0.3) is 5.91 Å². The number of carboxylic acids is 1. The third-order valence-electron chi connectivity index (χ3n) is 3.78. The quantitative estimate of drug-likeness (QED) is 0.843. The van der Waals surface area contributed by atoms with E-state index < -0.39 is 11.4 Å². The maximum atomic E-state index is 12.0. The zero-order valence-corrected chi connectivity index (χ0v) is 12.7. The van der Waals surface area contributed by atoms with Gasteiger partial charge in [-0.2, -0.15) is 0 Å². The number of nitrogens with one attached hydrogen (secondary N) is 1. The van der Waals surface area contributed by atoms with Crippen LogP contribution < -0.4 is 5.32 Å². The molecule has 0 spiro atoms. The van der Waals surface area contributed by atoms with Gasteiger partial charge >= 0.3 is 5.97 Å². The SMILES string of the molecule is CCC(CC)(CNC(=O)c1cc(C)c(C)s1)C(=O)O. The Labute approximate surface area is 117 Å². The van der Waals surface area contributed by atoms with E-state index in [0.717, 1.165) is 10.4 Å². The fourth-order valence-electron chi connectivity index (χ4n) is 1.90. The molecule has 4 nitrogen and oxygen atoms in total. The summed E-state index contributed by atoms with van der Waals surface area (Å²) in [7, 11) is 0. The van der Waals surface area contributed by atoms with Crippen LogP contribution in [0.4, 0.5) is 0 Å². The summed E-state index contributed by atoms with van der Waals surface area (Å²) in [6, 6.07) is 1.84. The molecule has 5 heteroatoms. The van der Waals surface area contributed by atoms with Crippen molar-refractivity contribution in [3.63, 3.8) is 0 Å². The molecule has 0 aliphatic carbocycles. The van der Waals surface area contributed by atoms with Gasteiger partial charge in [0.2, 0.25) is 0 Å². The molecule has 106 valence electrons. The average molecular weight is 283 g/mol. The lowest BCUT2D eigenvalue weighted by molar-refractivity contribution is -0.149. The molecule has 0 saturated carbocycles. The van der Waals surface area contributed by atoms with E-state index >= 15 is 0 Å². The van der Waals surface area contributed by atoms with E-state index in [-0.39, 0.29) is 12.5 Å². The van der Waals surface area contributed by atoms with Crippen molar-refractivity contribution in [1.29, 1.82) is 0 Å². The van der Waals surface area contributed by atoms with Crippen LogP contribution in [0.5, 0.6) is 0 Å². The zero-order valence-electron chi connectivity index (χ0n) is 11.9. The lowest BCUT2D eigenvalue weighted by Gasteiger charge is -2.26. The molecule has 1 aromatic heterocycles. The highest BCUT2D eigenvalue weighted by Crippen LogP contribution is 2.26. The number of thiophene rings is 1. The lowest BCUT2D eigenvalue weighted by Crippen LogP contribution is -2.42. The van der Waals surface area contributed by atoms with Crippen LogP contribution in [0.2, 0.25) is 0 Å². The summed E-state index contributed by atoms with van der Waals surface area (Å²) in [6.07, 6.45) is 1.00. The molecule has 0 aromatic carbocycles. The van der Waals surface area contributed by atoms with Crippen LogP contribution in [0.3, 0.4) is 0 Å². The molecule has 0 unspecified atom stereocenters. The van der Waals surface area contributed by atoms with E-state index in [0.29, 0.717) is 17.7 Å². The first-order chi connectivity index (χ1) is 8.86. The molecule has 1 amide bonds. The number of hydrogen-bond donors (Lipinski definition) is 2. The first-order valence-electron chi connectivity index (χ1n) is 6.45. The largest absolute Gasteiger partial charge is 0.481 e. The summed E-state index contributed by atoms with van der Waals surface area (Å²) in [5.74, 6) is -1.04. The molecule has 0 atom stereocenters. The maximum Gasteiger partial charge on any atom is 0.311 e. The third-order valence-corrected chi connectivity index (χ3v) is 4.94. The van der Waals surface area contributed by atoms with E-state index in [1.54, 1.807) is 0 Å². The fourth-order valence-corrected chi connectivity index (χ4v) is 2.85. The predicted octanol–water partition coefficient (Wildman–Crippen LogP) is 2.99. The fraction of sp³-hybridized carbons (Fsp3) is 0.571. The van der Waals surface area contributed by atoms with Crippen molar-refractivity contribution >= 4 is 23.2 Å². The van der Waals surface area contributed by atoms with Crippen LogP contribution in [-0.2, 0) is 4.79 Å². The molecular formula is C14H21NO3S. The second-order valence-corrected chi connectivity index (χ2v) is 6.08. The Bertz CT molecular complexity index is 456. The van der Waals surface area contributed by atoms with Crippen LogP contribution in [0.1, 0.15) is 46.8 Å². The lowest BCUT2D eigenvalue weighted by atomic mass is 9.82. The number of amides is 1. The van der Waals surface area contributed by atoms with E-state index in [1.165, 1.54) is 11.3 Å². The number of aryl methyl sites for hydroxylation is 2. The van der Waals surface area contributed by atoms with Crippen molar-refractivity contribution in [2.24, 2.45) is 5.41 Å². The molecule has 0 radical (unpaired) electrons. The molecule has 0 bridgehead atoms. The van der Waals surface area contributed by atoms with Crippen molar-refractivity contribution in [2.75, 3.05) is 6.54 Å². The number of carboxylic acid groups (broad SMARTS) is 1. The maximum absolute atomic E-state index is 12.0. The summed E-state index contributed by atoms with van der Waals surface area (Å²) in [5.41, 5.74) is 0.224. The molecule has 1 rings (SSSR count). The summed E-state index contributed by atoms with van der Waals surface area (Å²) in [4.78, 5) is 25.1. The molecule has 0 aliphatic heterocycles. The van der Waals surface area contributed by atoms with Crippen LogP contribution in [0.15, 0.2) is 6.07 Å². The van der Waals surface area contributed by atoms with Gasteiger partial charge in [0.1, 0.15) is 0 Å². The Morgan fingerprint density at radius 3 is 2.26 bits per heavy atom. The van der Waals surface area contributed by atoms with Gasteiger partial charge in [0.15, 0.2) is 0 Å². The highest BCUT2D eigenvalue weighted by molar-refractivity contribution is 7.14. The topological polar surface area (TPSA) is 66.4 Å². The van der Waals surface area contributed by atoms with Crippen molar-refractivity contribution in [3.05, 3.63) is 21.4 Å². The Balaban J connectivity index is 2.75. The molecule has 19 heavy (non-hydrogen) atoms. The number of rotatable bonds is 6. The molecule has 2 N–H and O–H groups in total. The minimum absolute atomic E-state index is 0.171. The minimum atomic E-state index is -0.864. The first kappa shape index (κ1) is 15.7. The van der Waals surface area contributed by atoms with E-state index in [9.17, 15) is 14.7 Å². The van der Waals surface area contributed by atoms with Gasteiger partial charge in [-0.05, 0) is 38.3 Å².